The van der Waals surface area contributed by atoms with Crippen LogP contribution in [0, 0.1) is 6.92 Å². The normalized spacial score (nSPS) is 10.6. The van der Waals surface area contributed by atoms with Gasteiger partial charge in [0.05, 0.1) is 11.3 Å². The van der Waals surface area contributed by atoms with Crippen LogP contribution in [0.2, 0.25) is 0 Å². The molecular formula is C18H18N4OS. The first-order chi connectivity index (χ1) is 11.7. The quantitative estimate of drug-likeness (QED) is 0.548. The highest BCUT2D eigenvalue weighted by Crippen LogP contribution is 2.24. The predicted molar refractivity (Wildman–Crippen MR) is 99.6 cm³/mol. The van der Waals surface area contributed by atoms with E-state index in [1.807, 2.05) is 62.5 Å². The van der Waals surface area contributed by atoms with Gasteiger partial charge in [-0.1, -0.05) is 41.6 Å². The van der Waals surface area contributed by atoms with E-state index in [4.69, 9.17) is 0 Å². The van der Waals surface area contributed by atoms with E-state index in [0.717, 1.165) is 28.0 Å². The van der Waals surface area contributed by atoms with Gasteiger partial charge in [0.2, 0.25) is 5.91 Å². The number of nitrogens with zero attached hydrogens (tertiary/aromatic N) is 2. The molecule has 122 valence electrons. The van der Waals surface area contributed by atoms with Crippen LogP contribution < -0.4 is 10.6 Å². The lowest BCUT2D eigenvalue weighted by Crippen LogP contribution is -2.14. The molecule has 0 aliphatic rings. The number of amides is 1. The SMILES string of the molecule is CNc1nc(SCC(=O)Nc2ccc(C)cc2)nc2ccccc12. The molecule has 2 aromatic carbocycles. The Morgan fingerprint density at radius 2 is 1.83 bits per heavy atom. The first-order valence-corrected chi connectivity index (χ1v) is 8.58. The summed E-state index contributed by atoms with van der Waals surface area (Å²) in [5.41, 5.74) is 2.81. The third kappa shape index (κ3) is 3.83. The first-order valence-electron chi connectivity index (χ1n) is 7.59. The van der Waals surface area contributed by atoms with Crippen LogP contribution in [0.3, 0.4) is 0 Å². The van der Waals surface area contributed by atoms with Crippen molar-refractivity contribution in [2.24, 2.45) is 0 Å². The molecule has 1 aromatic heterocycles. The second kappa shape index (κ2) is 7.31. The Kier molecular flexibility index (Phi) is 4.96. The third-order valence-electron chi connectivity index (χ3n) is 3.49. The second-order valence-corrected chi connectivity index (χ2v) is 6.27. The Hall–Kier alpha value is -2.60. The number of hydrogen-bond donors (Lipinski definition) is 2. The number of carbonyl (C=O) groups is 1. The van der Waals surface area contributed by atoms with Crippen molar-refractivity contribution in [3.05, 3.63) is 54.1 Å². The maximum atomic E-state index is 12.1. The molecule has 0 unspecified atom stereocenters. The molecule has 0 aliphatic heterocycles. The summed E-state index contributed by atoms with van der Waals surface area (Å²) in [7, 11) is 1.83. The minimum atomic E-state index is -0.0772. The fourth-order valence-electron chi connectivity index (χ4n) is 2.27. The molecule has 0 radical (unpaired) electrons. The second-order valence-electron chi connectivity index (χ2n) is 5.32. The van der Waals surface area contributed by atoms with Gasteiger partial charge < -0.3 is 10.6 Å². The zero-order valence-corrected chi connectivity index (χ0v) is 14.4. The Morgan fingerprint density at radius 3 is 2.58 bits per heavy atom. The van der Waals surface area contributed by atoms with E-state index in [0.29, 0.717) is 5.16 Å². The number of rotatable bonds is 5. The number of nitrogens with one attached hydrogen (secondary N) is 2. The summed E-state index contributed by atoms with van der Waals surface area (Å²) in [6, 6.07) is 15.5. The van der Waals surface area contributed by atoms with Gasteiger partial charge in [0, 0.05) is 18.1 Å². The van der Waals surface area contributed by atoms with Crippen LogP contribution >= 0.6 is 11.8 Å². The van der Waals surface area contributed by atoms with Crippen LogP contribution in [-0.4, -0.2) is 28.7 Å². The molecule has 0 bridgehead atoms. The summed E-state index contributed by atoms with van der Waals surface area (Å²) in [5, 5.41) is 7.50. The number of carbonyl (C=O) groups excluding carboxylic acids is 1. The van der Waals surface area contributed by atoms with Crippen LogP contribution in [0.5, 0.6) is 0 Å². The topological polar surface area (TPSA) is 66.9 Å². The smallest absolute Gasteiger partial charge is 0.234 e. The van der Waals surface area contributed by atoms with Crippen LogP contribution in [0.25, 0.3) is 10.9 Å². The third-order valence-corrected chi connectivity index (χ3v) is 4.33. The summed E-state index contributed by atoms with van der Waals surface area (Å²) < 4.78 is 0. The Morgan fingerprint density at radius 1 is 1.08 bits per heavy atom. The molecule has 1 amide bonds. The van der Waals surface area contributed by atoms with Crippen LogP contribution in [0.4, 0.5) is 11.5 Å². The fraction of sp³-hybridized carbons (Fsp3) is 0.167. The predicted octanol–water partition coefficient (Wildman–Crippen LogP) is 3.71. The molecule has 0 saturated carbocycles. The van der Waals surface area contributed by atoms with E-state index in [1.54, 1.807) is 0 Å². The largest absolute Gasteiger partial charge is 0.372 e. The van der Waals surface area contributed by atoms with E-state index >= 15 is 0 Å². The molecule has 0 spiro atoms. The van der Waals surface area contributed by atoms with Crippen molar-refractivity contribution in [3.8, 4) is 0 Å². The highest BCUT2D eigenvalue weighted by Gasteiger charge is 2.09. The Balaban J connectivity index is 1.68. The van der Waals surface area contributed by atoms with Crippen molar-refractivity contribution in [1.82, 2.24) is 9.97 Å². The van der Waals surface area contributed by atoms with Crippen LogP contribution in [0.15, 0.2) is 53.7 Å². The minimum Gasteiger partial charge on any atom is -0.372 e. The van der Waals surface area contributed by atoms with Gasteiger partial charge in [-0.25, -0.2) is 9.97 Å². The van der Waals surface area contributed by atoms with Crippen molar-refractivity contribution in [1.29, 1.82) is 0 Å². The molecule has 0 fully saturated rings. The highest BCUT2D eigenvalue weighted by atomic mass is 32.2. The van der Waals surface area contributed by atoms with E-state index < -0.39 is 0 Å². The molecule has 3 aromatic rings. The molecule has 24 heavy (non-hydrogen) atoms. The molecule has 3 rings (SSSR count). The van der Waals surface area contributed by atoms with Gasteiger partial charge in [-0.15, -0.1) is 0 Å². The van der Waals surface area contributed by atoms with Gasteiger partial charge >= 0.3 is 0 Å². The summed E-state index contributed by atoms with van der Waals surface area (Å²) in [4.78, 5) is 21.1. The van der Waals surface area contributed by atoms with Crippen LogP contribution in [0.1, 0.15) is 5.56 Å². The summed E-state index contributed by atoms with van der Waals surface area (Å²) in [6.07, 6.45) is 0. The monoisotopic (exact) mass is 338 g/mol. The van der Waals surface area contributed by atoms with Crippen molar-refractivity contribution < 1.29 is 4.79 Å². The zero-order valence-electron chi connectivity index (χ0n) is 13.5. The lowest BCUT2D eigenvalue weighted by Gasteiger charge is -2.08. The van der Waals surface area contributed by atoms with E-state index in [9.17, 15) is 4.79 Å². The zero-order chi connectivity index (χ0) is 16.9. The molecule has 6 heteroatoms. The summed E-state index contributed by atoms with van der Waals surface area (Å²) >= 11 is 1.32. The van der Waals surface area contributed by atoms with Gasteiger partial charge in [0.25, 0.3) is 0 Å². The Bertz CT molecular complexity index is 865. The number of thioether (sulfide) groups is 1. The number of hydrogen-bond acceptors (Lipinski definition) is 5. The van der Waals surface area contributed by atoms with Gasteiger partial charge in [-0.05, 0) is 31.2 Å². The van der Waals surface area contributed by atoms with Gasteiger partial charge in [-0.2, -0.15) is 0 Å². The molecule has 2 N–H and O–H groups in total. The number of benzene rings is 2. The molecule has 0 aliphatic carbocycles. The minimum absolute atomic E-state index is 0.0772. The maximum absolute atomic E-state index is 12.1. The number of aryl methyl sites for hydroxylation is 1. The molecule has 0 atom stereocenters. The average molecular weight is 338 g/mol. The lowest BCUT2D eigenvalue weighted by molar-refractivity contribution is -0.113. The number of anilines is 2. The van der Waals surface area contributed by atoms with Crippen molar-refractivity contribution in [3.63, 3.8) is 0 Å². The number of aromatic nitrogens is 2. The Labute approximate surface area is 144 Å². The van der Waals surface area contributed by atoms with Gasteiger partial charge in [-0.3, -0.25) is 4.79 Å². The van der Waals surface area contributed by atoms with E-state index in [2.05, 4.69) is 20.6 Å². The molecule has 1 heterocycles. The first kappa shape index (κ1) is 16.3. The average Bonchev–Trinajstić information content (AvgIpc) is 2.61. The number of para-hydroxylation sites is 1. The van der Waals surface area contributed by atoms with Gasteiger partial charge in [0.15, 0.2) is 5.16 Å². The number of fused-ring (bicyclic) bond motifs is 1. The van der Waals surface area contributed by atoms with Gasteiger partial charge in [0.1, 0.15) is 5.82 Å². The highest BCUT2D eigenvalue weighted by molar-refractivity contribution is 7.99. The molecular weight excluding hydrogens is 320 g/mol. The summed E-state index contributed by atoms with van der Waals surface area (Å²) in [6.45, 7) is 2.01. The van der Waals surface area contributed by atoms with Crippen molar-refractivity contribution in [2.45, 2.75) is 12.1 Å². The van der Waals surface area contributed by atoms with Crippen molar-refractivity contribution >= 4 is 40.1 Å². The van der Waals surface area contributed by atoms with Crippen LogP contribution in [-0.2, 0) is 4.79 Å². The standard InChI is InChI=1S/C18H18N4OS/c1-12-7-9-13(10-8-12)20-16(23)11-24-18-21-15-6-4-3-5-14(15)17(19-2)22-18/h3-10H,11H2,1-2H3,(H,20,23)(H,19,21,22). The summed E-state index contributed by atoms with van der Waals surface area (Å²) in [5.74, 6) is 0.948. The van der Waals surface area contributed by atoms with E-state index in [-0.39, 0.29) is 11.7 Å². The van der Waals surface area contributed by atoms with E-state index in [1.165, 1.54) is 11.8 Å². The molecule has 0 saturated heterocycles. The fourth-order valence-corrected chi connectivity index (χ4v) is 2.93. The maximum Gasteiger partial charge on any atom is 0.234 e. The lowest BCUT2D eigenvalue weighted by atomic mass is 10.2. The molecule has 5 nitrogen and oxygen atoms in total. The van der Waals surface area contributed by atoms with Crippen molar-refractivity contribution in [2.75, 3.05) is 23.4 Å².